The maximum Gasteiger partial charge on any atom is 0.125 e. The summed E-state index contributed by atoms with van der Waals surface area (Å²) in [5, 5.41) is 11.5. The highest BCUT2D eigenvalue weighted by molar-refractivity contribution is 9.10. The van der Waals surface area contributed by atoms with E-state index in [-0.39, 0.29) is 5.82 Å². The van der Waals surface area contributed by atoms with Gasteiger partial charge in [0.2, 0.25) is 0 Å². The van der Waals surface area contributed by atoms with Crippen molar-refractivity contribution in [3.8, 4) is 27.9 Å². The molecule has 1 aromatic heterocycles. The van der Waals surface area contributed by atoms with E-state index in [4.69, 9.17) is 5.26 Å². The molecule has 0 spiro atoms. The van der Waals surface area contributed by atoms with Crippen LogP contribution in [0.25, 0.3) is 21.8 Å². The zero-order chi connectivity index (χ0) is 14.8. The second-order valence-corrected chi connectivity index (χ2v) is 6.16. The third-order valence-electron chi connectivity index (χ3n) is 2.92. The van der Waals surface area contributed by atoms with Crippen molar-refractivity contribution in [1.82, 2.24) is 4.98 Å². The smallest absolute Gasteiger partial charge is 0.125 e. The first kappa shape index (κ1) is 13.9. The van der Waals surface area contributed by atoms with Crippen LogP contribution in [-0.2, 0) is 0 Å². The molecule has 0 saturated heterocycles. The number of nitrogens with zero attached hydrogens (tertiary/aromatic N) is 2. The fourth-order valence-corrected chi connectivity index (χ4v) is 3.21. The van der Waals surface area contributed by atoms with Gasteiger partial charge in [0.15, 0.2) is 0 Å². The predicted molar refractivity (Wildman–Crippen MR) is 85.4 cm³/mol. The van der Waals surface area contributed by atoms with Crippen molar-refractivity contribution in [3.63, 3.8) is 0 Å². The Hall–Kier alpha value is -2.03. The molecule has 3 aromatic rings. The number of hydrogen-bond donors (Lipinski definition) is 0. The Morgan fingerprint density at radius 3 is 2.52 bits per heavy atom. The molecular weight excluding hydrogens is 351 g/mol. The van der Waals surface area contributed by atoms with Crippen molar-refractivity contribution in [2.45, 2.75) is 0 Å². The zero-order valence-electron chi connectivity index (χ0n) is 10.7. The number of thiazole rings is 1. The van der Waals surface area contributed by atoms with Crippen LogP contribution in [0.4, 0.5) is 4.39 Å². The normalized spacial score (nSPS) is 10.3. The minimum atomic E-state index is -0.297. The van der Waals surface area contributed by atoms with Crippen LogP contribution in [-0.4, -0.2) is 4.98 Å². The third-order valence-corrected chi connectivity index (χ3v) is 4.27. The van der Waals surface area contributed by atoms with E-state index < -0.39 is 0 Å². The average Bonchev–Trinajstić information content (AvgIpc) is 2.96. The van der Waals surface area contributed by atoms with Crippen LogP contribution in [0.3, 0.4) is 0 Å². The van der Waals surface area contributed by atoms with Crippen molar-refractivity contribution >= 4 is 27.3 Å². The van der Waals surface area contributed by atoms with Crippen molar-refractivity contribution in [1.29, 1.82) is 5.26 Å². The molecule has 0 radical (unpaired) electrons. The lowest BCUT2D eigenvalue weighted by molar-refractivity contribution is 0.627. The van der Waals surface area contributed by atoms with Crippen LogP contribution in [0.1, 0.15) is 5.56 Å². The Bertz CT molecular complexity index is 814. The number of benzene rings is 2. The maximum absolute atomic E-state index is 13.4. The minimum absolute atomic E-state index is 0.297. The summed E-state index contributed by atoms with van der Waals surface area (Å²) in [7, 11) is 0. The van der Waals surface area contributed by atoms with E-state index in [1.165, 1.54) is 23.5 Å². The van der Waals surface area contributed by atoms with Gasteiger partial charge in [0.05, 0.1) is 17.3 Å². The Morgan fingerprint density at radius 1 is 1.10 bits per heavy atom. The summed E-state index contributed by atoms with van der Waals surface area (Å²) in [5.74, 6) is -0.297. The first-order valence-corrected chi connectivity index (χ1v) is 7.75. The quantitative estimate of drug-likeness (QED) is 0.627. The van der Waals surface area contributed by atoms with Gasteiger partial charge in [-0.2, -0.15) is 5.26 Å². The molecule has 0 N–H and O–H groups in total. The first-order valence-electron chi connectivity index (χ1n) is 6.08. The maximum atomic E-state index is 13.4. The molecule has 0 bridgehead atoms. The fraction of sp³-hybridized carbons (Fsp3) is 0. The van der Waals surface area contributed by atoms with Gasteiger partial charge in [-0.25, -0.2) is 9.37 Å². The molecule has 2 nitrogen and oxygen atoms in total. The van der Waals surface area contributed by atoms with Gasteiger partial charge in [0.25, 0.3) is 0 Å². The topological polar surface area (TPSA) is 36.7 Å². The van der Waals surface area contributed by atoms with Gasteiger partial charge >= 0.3 is 0 Å². The van der Waals surface area contributed by atoms with E-state index in [2.05, 4.69) is 27.0 Å². The second-order valence-electron chi connectivity index (χ2n) is 4.39. The van der Waals surface area contributed by atoms with Crippen molar-refractivity contribution in [2.75, 3.05) is 0 Å². The summed E-state index contributed by atoms with van der Waals surface area (Å²) in [6.45, 7) is 0. The summed E-state index contributed by atoms with van der Waals surface area (Å²) in [6, 6.07) is 14.0. The molecular formula is C16H8BrFN2S. The molecule has 0 aliphatic carbocycles. The first-order chi connectivity index (χ1) is 10.2. The molecule has 0 amide bonds. The van der Waals surface area contributed by atoms with Crippen LogP contribution >= 0.6 is 27.3 Å². The molecule has 0 aliphatic rings. The third kappa shape index (κ3) is 3.02. The number of halogens is 2. The monoisotopic (exact) mass is 358 g/mol. The summed E-state index contributed by atoms with van der Waals surface area (Å²) in [5.41, 5.74) is 3.11. The molecule has 5 heteroatoms. The lowest BCUT2D eigenvalue weighted by atomic mass is 10.1. The van der Waals surface area contributed by atoms with E-state index >= 15 is 0 Å². The molecule has 0 atom stereocenters. The molecule has 102 valence electrons. The van der Waals surface area contributed by atoms with Crippen LogP contribution in [0, 0.1) is 17.1 Å². The Labute approximate surface area is 133 Å². The van der Waals surface area contributed by atoms with Crippen LogP contribution in [0.5, 0.6) is 0 Å². The van der Waals surface area contributed by atoms with E-state index in [1.54, 1.807) is 12.1 Å². The molecule has 21 heavy (non-hydrogen) atoms. The van der Waals surface area contributed by atoms with Gasteiger partial charge in [-0.3, -0.25) is 0 Å². The Balaban J connectivity index is 1.97. The van der Waals surface area contributed by atoms with E-state index in [1.807, 2.05) is 23.6 Å². The van der Waals surface area contributed by atoms with Crippen LogP contribution in [0.15, 0.2) is 52.3 Å². The second kappa shape index (κ2) is 5.76. The Morgan fingerprint density at radius 2 is 1.86 bits per heavy atom. The van der Waals surface area contributed by atoms with Gasteiger partial charge in [0.1, 0.15) is 10.8 Å². The summed E-state index contributed by atoms with van der Waals surface area (Å²) in [4.78, 5) is 4.54. The van der Waals surface area contributed by atoms with Gasteiger partial charge in [-0.1, -0.05) is 28.1 Å². The van der Waals surface area contributed by atoms with Gasteiger partial charge < -0.3 is 0 Å². The molecule has 1 heterocycles. The Kier molecular flexibility index (Phi) is 3.82. The fourth-order valence-electron chi connectivity index (χ4n) is 1.93. The SMILES string of the molecule is N#Cc1ccc(-c2csc(-c3cc(F)cc(Br)c3)n2)cc1. The summed E-state index contributed by atoms with van der Waals surface area (Å²) in [6.07, 6.45) is 0. The summed E-state index contributed by atoms with van der Waals surface area (Å²) >= 11 is 4.75. The molecule has 3 rings (SSSR count). The largest absolute Gasteiger partial charge is 0.236 e. The summed E-state index contributed by atoms with van der Waals surface area (Å²) < 4.78 is 14.1. The highest BCUT2D eigenvalue weighted by Gasteiger charge is 2.08. The molecule has 0 aliphatic heterocycles. The van der Waals surface area contributed by atoms with Gasteiger partial charge in [-0.15, -0.1) is 11.3 Å². The number of nitriles is 1. The zero-order valence-corrected chi connectivity index (χ0v) is 13.1. The average molecular weight is 359 g/mol. The van der Waals surface area contributed by atoms with Crippen molar-refractivity contribution in [2.24, 2.45) is 0 Å². The number of hydrogen-bond acceptors (Lipinski definition) is 3. The highest BCUT2D eigenvalue weighted by Crippen LogP contribution is 2.31. The van der Waals surface area contributed by atoms with E-state index in [0.717, 1.165) is 21.8 Å². The standard InChI is InChI=1S/C16H8BrFN2S/c17-13-5-12(6-14(18)7-13)16-20-15(9-21-16)11-3-1-10(8-19)2-4-11/h1-7,9H. The molecule has 2 aromatic carbocycles. The number of rotatable bonds is 2. The van der Waals surface area contributed by atoms with Gasteiger partial charge in [0, 0.05) is 21.0 Å². The van der Waals surface area contributed by atoms with E-state index in [9.17, 15) is 4.39 Å². The molecule has 0 fully saturated rings. The lowest BCUT2D eigenvalue weighted by Gasteiger charge is -1.99. The van der Waals surface area contributed by atoms with Crippen LogP contribution in [0.2, 0.25) is 0 Å². The number of aromatic nitrogens is 1. The van der Waals surface area contributed by atoms with Crippen molar-refractivity contribution in [3.05, 3.63) is 63.7 Å². The predicted octanol–water partition coefficient (Wildman–Crippen LogP) is 5.25. The highest BCUT2D eigenvalue weighted by atomic mass is 79.9. The van der Waals surface area contributed by atoms with E-state index in [0.29, 0.717) is 10.0 Å². The van der Waals surface area contributed by atoms with Crippen molar-refractivity contribution < 1.29 is 4.39 Å². The molecule has 0 unspecified atom stereocenters. The van der Waals surface area contributed by atoms with Gasteiger partial charge in [-0.05, 0) is 30.3 Å². The van der Waals surface area contributed by atoms with Crippen LogP contribution < -0.4 is 0 Å². The molecule has 0 saturated carbocycles. The lowest BCUT2D eigenvalue weighted by Crippen LogP contribution is -1.82. The minimum Gasteiger partial charge on any atom is -0.236 e.